The van der Waals surface area contributed by atoms with Crippen molar-refractivity contribution in [2.75, 3.05) is 13.3 Å². The number of halogens is 2. The first-order chi connectivity index (χ1) is 6.55. The molecule has 1 aromatic rings. The van der Waals surface area contributed by atoms with E-state index in [1.807, 2.05) is 0 Å². The summed E-state index contributed by atoms with van der Waals surface area (Å²) in [5, 5.41) is 0. The molecule has 0 aliphatic heterocycles. The Labute approximate surface area is 85.9 Å². The first kappa shape index (κ1) is 11.3. The summed E-state index contributed by atoms with van der Waals surface area (Å²) < 4.78 is 38.7. The summed E-state index contributed by atoms with van der Waals surface area (Å²) in [4.78, 5) is -0.143. The van der Waals surface area contributed by atoms with E-state index < -0.39 is 15.7 Å². The number of benzene rings is 1. The van der Waals surface area contributed by atoms with Gasteiger partial charge in [0.2, 0.25) is 0 Å². The summed E-state index contributed by atoms with van der Waals surface area (Å²) in [6.07, 6.45) is 0. The molecule has 0 fully saturated rings. The summed E-state index contributed by atoms with van der Waals surface area (Å²) in [7, 11) is 1.30. The van der Waals surface area contributed by atoms with E-state index in [4.69, 9.17) is 15.4 Å². The van der Waals surface area contributed by atoms with Crippen LogP contribution in [0.25, 0.3) is 0 Å². The Balaban J connectivity index is 3.04. The number of hydrogen-bond acceptors (Lipinski definition) is 3. The summed E-state index contributed by atoms with van der Waals surface area (Å²) in [6.45, 7) is -0.875. The quantitative estimate of drug-likeness (QED) is 0.754. The zero-order valence-electron chi connectivity index (χ0n) is 7.11. The van der Waals surface area contributed by atoms with Gasteiger partial charge in [0.15, 0.2) is 0 Å². The van der Waals surface area contributed by atoms with Gasteiger partial charge in [-0.1, -0.05) is 12.1 Å². The van der Waals surface area contributed by atoms with Crippen molar-refractivity contribution in [2.45, 2.75) is 4.90 Å². The van der Waals surface area contributed by atoms with Gasteiger partial charge in [-0.05, 0) is 12.1 Å². The van der Waals surface area contributed by atoms with Gasteiger partial charge in [0.1, 0.15) is 23.9 Å². The Morgan fingerprint density at radius 3 is 2.57 bits per heavy atom. The van der Waals surface area contributed by atoms with Crippen LogP contribution in [0, 0.1) is 0 Å². The molecule has 0 bridgehead atoms. The van der Waals surface area contributed by atoms with E-state index in [0.29, 0.717) is 0 Å². The number of para-hydroxylation sites is 1. The Morgan fingerprint density at radius 1 is 1.36 bits per heavy atom. The van der Waals surface area contributed by atoms with Gasteiger partial charge in [-0.15, -0.1) is 0 Å². The third kappa shape index (κ3) is 2.85. The van der Waals surface area contributed by atoms with Crippen molar-refractivity contribution in [3.8, 4) is 5.75 Å². The zero-order valence-corrected chi connectivity index (χ0v) is 8.68. The highest BCUT2D eigenvalue weighted by molar-refractivity contribution is 8.13. The van der Waals surface area contributed by atoms with Gasteiger partial charge in [0.05, 0.1) is 0 Å². The molecule has 3 nitrogen and oxygen atoms in total. The first-order valence-corrected chi connectivity index (χ1v) is 6.09. The van der Waals surface area contributed by atoms with Crippen molar-refractivity contribution in [1.29, 1.82) is 0 Å². The standard InChI is InChI=1S/C8H8ClFO3S/c9-14(11,12)8-4-2-1-3-7(8)13-6-5-10/h1-4H,5-6H2. The van der Waals surface area contributed by atoms with E-state index in [-0.39, 0.29) is 17.3 Å². The molecule has 0 aliphatic rings. The van der Waals surface area contributed by atoms with Crippen molar-refractivity contribution >= 4 is 19.7 Å². The van der Waals surface area contributed by atoms with E-state index in [9.17, 15) is 12.8 Å². The summed E-state index contributed by atoms with van der Waals surface area (Å²) >= 11 is 0. The molecule has 0 atom stereocenters. The van der Waals surface area contributed by atoms with Gasteiger partial charge in [-0.2, -0.15) is 0 Å². The summed E-state index contributed by atoms with van der Waals surface area (Å²) in [6, 6.07) is 5.82. The fourth-order valence-electron chi connectivity index (χ4n) is 0.919. The monoisotopic (exact) mass is 238 g/mol. The van der Waals surface area contributed by atoms with Crippen molar-refractivity contribution in [2.24, 2.45) is 0 Å². The molecule has 0 amide bonds. The minimum Gasteiger partial charge on any atom is -0.489 e. The lowest BCUT2D eigenvalue weighted by Gasteiger charge is -2.06. The molecule has 0 radical (unpaired) electrons. The SMILES string of the molecule is O=S(=O)(Cl)c1ccccc1OCCF. The molecular formula is C8H8ClFO3S. The van der Waals surface area contributed by atoms with Crippen LogP contribution in [-0.4, -0.2) is 21.7 Å². The zero-order chi connectivity index (χ0) is 10.6. The lowest BCUT2D eigenvalue weighted by atomic mass is 10.3. The van der Waals surface area contributed by atoms with E-state index in [1.54, 1.807) is 6.07 Å². The third-order valence-electron chi connectivity index (χ3n) is 1.45. The van der Waals surface area contributed by atoms with E-state index in [2.05, 4.69) is 0 Å². The average Bonchev–Trinajstić information content (AvgIpc) is 2.14. The van der Waals surface area contributed by atoms with Crippen LogP contribution in [-0.2, 0) is 9.05 Å². The van der Waals surface area contributed by atoms with Crippen LogP contribution in [0.5, 0.6) is 5.75 Å². The van der Waals surface area contributed by atoms with Crippen LogP contribution in [0.2, 0.25) is 0 Å². The molecule has 78 valence electrons. The highest BCUT2D eigenvalue weighted by atomic mass is 35.7. The molecule has 1 rings (SSSR count). The largest absolute Gasteiger partial charge is 0.489 e. The molecule has 0 saturated carbocycles. The van der Waals surface area contributed by atoms with E-state index >= 15 is 0 Å². The highest BCUT2D eigenvalue weighted by Gasteiger charge is 2.15. The molecule has 0 heterocycles. The first-order valence-electron chi connectivity index (χ1n) is 3.78. The van der Waals surface area contributed by atoms with Crippen molar-refractivity contribution in [1.82, 2.24) is 0 Å². The van der Waals surface area contributed by atoms with Gasteiger partial charge in [-0.3, -0.25) is 0 Å². The van der Waals surface area contributed by atoms with Gasteiger partial charge in [0.25, 0.3) is 9.05 Å². The molecule has 6 heteroatoms. The molecule has 0 unspecified atom stereocenters. The van der Waals surface area contributed by atoms with Gasteiger partial charge in [0, 0.05) is 10.7 Å². The molecule has 14 heavy (non-hydrogen) atoms. The second-order valence-corrected chi connectivity index (χ2v) is 4.96. The van der Waals surface area contributed by atoms with Crippen molar-refractivity contribution in [3.05, 3.63) is 24.3 Å². The fourth-order valence-corrected chi connectivity index (χ4v) is 1.91. The fraction of sp³-hybridized carbons (Fsp3) is 0.250. The molecule has 1 aromatic carbocycles. The minimum absolute atomic E-state index is 0.0696. The number of rotatable bonds is 4. The Kier molecular flexibility index (Phi) is 3.71. The Bertz CT molecular complexity index is 405. The van der Waals surface area contributed by atoms with Crippen LogP contribution < -0.4 is 4.74 Å². The van der Waals surface area contributed by atoms with E-state index in [1.165, 1.54) is 18.2 Å². The van der Waals surface area contributed by atoms with Crippen LogP contribution in [0.3, 0.4) is 0 Å². The Hall–Kier alpha value is -0.810. The lowest BCUT2D eigenvalue weighted by Crippen LogP contribution is -2.02. The molecular weight excluding hydrogens is 231 g/mol. The van der Waals surface area contributed by atoms with Crippen LogP contribution in [0.4, 0.5) is 4.39 Å². The second-order valence-electron chi connectivity index (χ2n) is 2.42. The summed E-state index contributed by atoms with van der Waals surface area (Å²) in [5.41, 5.74) is 0. The lowest BCUT2D eigenvalue weighted by molar-refractivity contribution is 0.267. The summed E-state index contributed by atoms with van der Waals surface area (Å²) in [5.74, 6) is 0.0696. The maximum absolute atomic E-state index is 11.8. The normalized spacial score (nSPS) is 11.3. The minimum atomic E-state index is -3.84. The van der Waals surface area contributed by atoms with Crippen LogP contribution >= 0.6 is 10.7 Å². The number of ether oxygens (including phenoxy) is 1. The van der Waals surface area contributed by atoms with Gasteiger partial charge >= 0.3 is 0 Å². The molecule has 0 aromatic heterocycles. The molecule has 0 spiro atoms. The highest BCUT2D eigenvalue weighted by Crippen LogP contribution is 2.26. The third-order valence-corrected chi connectivity index (χ3v) is 2.81. The predicted molar refractivity (Wildman–Crippen MR) is 51.0 cm³/mol. The van der Waals surface area contributed by atoms with Crippen molar-refractivity contribution < 1.29 is 17.5 Å². The number of hydrogen-bond donors (Lipinski definition) is 0. The van der Waals surface area contributed by atoms with Crippen LogP contribution in [0.1, 0.15) is 0 Å². The number of alkyl halides is 1. The molecule has 0 N–H and O–H groups in total. The average molecular weight is 239 g/mol. The van der Waals surface area contributed by atoms with Gasteiger partial charge < -0.3 is 4.74 Å². The van der Waals surface area contributed by atoms with Gasteiger partial charge in [-0.25, -0.2) is 12.8 Å². The Morgan fingerprint density at radius 2 is 2.00 bits per heavy atom. The smallest absolute Gasteiger partial charge is 0.264 e. The maximum atomic E-state index is 11.8. The topological polar surface area (TPSA) is 43.4 Å². The molecule has 0 saturated heterocycles. The predicted octanol–water partition coefficient (Wildman–Crippen LogP) is 1.96. The van der Waals surface area contributed by atoms with E-state index in [0.717, 1.165) is 0 Å². The molecule has 0 aliphatic carbocycles. The van der Waals surface area contributed by atoms with Crippen molar-refractivity contribution in [3.63, 3.8) is 0 Å². The second kappa shape index (κ2) is 4.61. The maximum Gasteiger partial charge on any atom is 0.264 e. The van der Waals surface area contributed by atoms with Crippen LogP contribution in [0.15, 0.2) is 29.2 Å².